The number of amides is 1. The van der Waals surface area contributed by atoms with E-state index in [-0.39, 0.29) is 17.4 Å². The SMILES string of the molecule is CC1(C)C[C@@H](CNc2cccc(-c3cc(NC(=O)[C@@H]4CCNC4)ncc3Cl)c2)CCO1. The third-order valence-electron chi connectivity index (χ3n) is 6.11. The first-order chi connectivity index (χ1) is 14.9. The van der Waals surface area contributed by atoms with Gasteiger partial charge in [-0.05, 0) is 69.3 Å². The van der Waals surface area contributed by atoms with Crippen LogP contribution in [0.3, 0.4) is 0 Å². The van der Waals surface area contributed by atoms with Crippen LogP contribution < -0.4 is 16.0 Å². The summed E-state index contributed by atoms with van der Waals surface area (Å²) < 4.78 is 5.83. The lowest BCUT2D eigenvalue weighted by atomic mass is 9.88. The second kappa shape index (κ2) is 9.55. The Morgan fingerprint density at radius 3 is 2.97 bits per heavy atom. The van der Waals surface area contributed by atoms with Gasteiger partial charge >= 0.3 is 0 Å². The molecule has 1 aromatic carbocycles. The maximum Gasteiger partial charge on any atom is 0.229 e. The fraction of sp³-hybridized carbons (Fsp3) is 0.500. The van der Waals surface area contributed by atoms with Crippen LogP contribution in [0, 0.1) is 11.8 Å². The van der Waals surface area contributed by atoms with Crippen molar-refractivity contribution in [3.8, 4) is 11.1 Å². The van der Waals surface area contributed by atoms with Gasteiger partial charge in [0.1, 0.15) is 5.82 Å². The van der Waals surface area contributed by atoms with E-state index >= 15 is 0 Å². The molecule has 0 spiro atoms. The van der Waals surface area contributed by atoms with Gasteiger partial charge in [-0.1, -0.05) is 23.7 Å². The predicted molar refractivity (Wildman–Crippen MR) is 126 cm³/mol. The highest BCUT2D eigenvalue weighted by Crippen LogP contribution is 2.32. The van der Waals surface area contributed by atoms with E-state index in [1.807, 2.05) is 18.2 Å². The zero-order valence-electron chi connectivity index (χ0n) is 18.2. The fourth-order valence-corrected chi connectivity index (χ4v) is 4.64. The summed E-state index contributed by atoms with van der Waals surface area (Å²) >= 11 is 6.46. The molecular formula is C24H31ClN4O2. The number of nitrogens with one attached hydrogen (secondary N) is 3. The number of hydrogen-bond donors (Lipinski definition) is 3. The first kappa shape index (κ1) is 22.1. The van der Waals surface area contributed by atoms with Crippen LogP contribution >= 0.6 is 11.6 Å². The van der Waals surface area contributed by atoms with Gasteiger partial charge in [0.25, 0.3) is 0 Å². The van der Waals surface area contributed by atoms with E-state index in [1.54, 1.807) is 6.20 Å². The highest BCUT2D eigenvalue weighted by molar-refractivity contribution is 6.33. The molecule has 2 saturated heterocycles. The van der Waals surface area contributed by atoms with Crippen molar-refractivity contribution in [1.82, 2.24) is 10.3 Å². The lowest BCUT2D eigenvalue weighted by molar-refractivity contribution is -0.119. The van der Waals surface area contributed by atoms with Crippen molar-refractivity contribution >= 4 is 29.0 Å². The minimum absolute atomic E-state index is 0.000533. The summed E-state index contributed by atoms with van der Waals surface area (Å²) in [5.41, 5.74) is 2.85. The summed E-state index contributed by atoms with van der Waals surface area (Å²) in [6, 6.07) is 10.1. The van der Waals surface area contributed by atoms with Gasteiger partial charge in [0, 0.05) is 37.1 Å². The van der Waals surface area contributed by atoms with E-state index < -0.39 is 0 Å². The second-order valence-corrected chi connectivity index (χ2v) is 9.56. The summed E-state index contributed by atoms with van der Waals surface area (Å²) in [5.74, 6) is 1.10. The molecule has 166 valence electrons. The van der Waals surface area contributed by atoms with E-state index in [0.29, 0.717) is 23.3 Å². The summed E-state index contributed by atoms with van der Waals surface area (Å²) in [4.78, 5) is 16.7. The Hall–Kier alpha value is -2.15. The molecule has 2 fully saturated rings. The molecule has 3 N–H and O–H groups in total. The van der Waals surface area contributed by atoms with Crippen molar-refractivity contribution in [2.75, 3.05) is 36.9 Å². The lowest BCUT2D eigenvalue weighted by Crippen LogP contribution is -2.36. The first-order valence-corrected chi connectivity index (χ1v) is 11.4. The number of carbonyl (C=O) groups excluding carboxylic acids is 1. The smallest absolute Gasteiger partial charge is 0.229 e. The van der Waals surface area contributed by atoms with Gasteiger partial charge in [-0.3, -0.25) is 4.79 Å². The highest BCUT2D eigenvalue weighted by atomic mass is 35.5. The highest BCUT2D eigenvalue weighted by Gasteiger charge is 2.28. The quantitative estimate of drug-likeness (QED) is 0.611. The number of benzene rings is 1. The van der Waals surface area contributed by atoms with Crippen LogP contribution in [0.2, 0.25) is 5.02 Å². The van der Waals surface area contributed by atoms with Crippen LogP contribution in [-0.4, -0.2) is 42.7 Å². The monoisotopic (exact) mass is 442 g/mol. The molecule has 2 aliphatic rings. The van der Waals surface area contributed by atoms with E-state index in [9.17, 15) is 4.79 Å². The minimum Gasteiger partial charge on any atom is -0.385 e. The molecule has 0 aliphatic carbocycles. The molecule has 0 bridgehead atoms. The summed E-state index contributed by atoms with van der Waals surface area (Å²) in [7, 11) is 0. The summed E-state index contributed by atoms with van der Waals surface area (Å²) in [6.07, 6.45) is 4.58. The predicted octanol–water partition coefficient (Wildman–Crippen LogP) is 4.57. The van der Waals surface area contributed by atoms with Gasteiger partial charge in [-0.2, -0.15) is 0 Å². The Bertz CT molecular complexity index is 928. The molecule has 0 unspecified atom stereocenters. The molecule has 31 heavy (non-hydrogen) atoms. The Kier molecular flexibility index (Phi) is 6.80. The van der Waals surface area contributed by atoms with Crippen molar-refractivity contribution < 1.29 is 9.53 Å². The molecule has 1 aromatic heterocycles. The Balaban J connectivity index is 1.44. The van der Waals surface area contributed by atoms with Crippen molar-refractivity contribution in [3.63, 3.8) is 0 Å². The number of halogens is 1. The number of carbonyl (C=O) groups is 1. The first-order valence-electron chi connectivity index (χ1n) is 11.0. The molecular weight excluding hydrogens is 412 g/mol. The number of pyridine rings is 1. The largest absolute Gasteiger partial charge is 0.385 e. The van der Waals surface area contributed by atoms with E-state index in [2.05, 4.69) is 46.9 Å². The third-order valence-corrected chi connectivity index (χ3v) is 6.41. The Morgan fingerprint density at radius 1 is 1.32 bits per heavy atom. The number of rotatable bonds is 6. The van der Waals surface area contributed by atoms with Gasteiger partial charge < -0.3 is 20.7 Å². The summed E-state index contributed by atoms with van der Waals surface area (Å²) in [6.45, 7) is 7.64. The number of ether oxygens (including phenoxy) is 1. The molecule has 0 saturated carbocycles. The average Bonchev–Trinajstić information content (AvgIpc) is 3.28. The van der Waals surface area contributed by atoms with Gasteiger partial charge in [0.2, 0.25) is 5.91 Å². The molecule has 0 radical (unpaired) electrons. The molecule has 2 atom stereocenters. The van der Waals surface area contributed by atoms with Crippen molar-refractivity contribution in [1.29, 1.82) is 0 Å². The summed E-state index contributed by atoms with van der Waals surface area (Å²) in [5, 5.41) is 10.3. The van der Waals surface area contributed by atoms with Crippen LogP contribution in [0.25, 0.3) is 11.1 Å². The number of nitrogens with zero attached hydrogens (tertiary/aromatic N) is 1. The van der Waals surface area contributed by atoms with Crippen LogP contribution in [-0.2, 0) is 9.53 Å². The topological polar surface area (TPSA) is 75.3 Å². The second-order valence-electron chi connectivity index (χ2n) is 9.16. The van der Waals surface area contributed by atoms with Crippen LogP contribution in [0.5, 0.6) is 0 Å². The zero-order chi connectivity index (χ0) is 21.8. The van der Waals surface area contributed by atoms with E-state index in [1.165, 1.54) is 0 Å². The van der Waals surface area contributed by atoms with Gasteiger partial charge in [-0.15, -0.1) is 0 Å². The van der Waals surface area contributed by atoms with Gasteiger partial charge in [0.05, 0.1) is 16.5 Å². The normalized spacial score (nSPS) is 22.8. The Labute approximate surface area is 189 Å². The van der Waals surface area contributed by atoms with Crippen LogP contribution in [0.1, 0.15) is 33.1 Å². The van der Waals surface area contributed by atoms with E-state index in [0.717, 1.165) is 55.8 Å². The molecule has 4 rings (SSSR count). The number of aromatic nitrogens is 1. The van der Waals surface area contributed by atoms with Gasteiger partial charge in [-0.25, -0.2) is 4.98 Å². The number of hydrogen-bond acceptors (Lipinski definition) is 5. The van der Waals surface area contributed by atoms with Crippen LogP contribution in [0.4, 0.5) is 11.5 Å². The zero-order valence-corrected chi connectivity index (χ0v) is 19.0. The Morgan fingerprint density at radius 2 is 2.19 bits per heavy atom. The van der Waals surface area contributed by atoms with Gasteiger partial charge in [0.15, 0.2) is 0 Å². The van der Waals surface area contributed by atoms with Crippen molar-refractivity contribution in [2.24, 2.45) is 11.8 Å². The molecule has 1 amide bonds. The minimum atomic E-state index is -0.0492. The maximum absolute atomic E-state index is 12.4. The van der Waals surface area contributed by atoms with Crippen molar-refractivity contribution in [3.05, 3.63) is 41.6 Å². The lowest BCUT2D eigenvalue weighted by Gasteiger charge is -2.35. The molecule has 6 nitrogen and oxygen atoms in total. The molecule has 7 heteroatoms. The molecule has 2 aromatic rings. The molecule has 3 heterocycles. The van der Waals surface area contributed by atoms with E-state index in [4.69, 9.17) is 16.3 Å². The third kappa shape index (κ3) is 5.76. The fourth-order valence-electron chi connectivity index (χ4n) is 4.43. The average molecular weight is 443 g/mol. The van der Waals surface area contributed by atoms with Crippen molar-refractivity contribution in [2.45, 2.75) is 38.7 Å². The number of anilines is 2. The standard InChI is InChI=1S/C24H31ClN4O2/c1-24(2)12-16(7-9-31-24)13-27-19-5-3-4-17(10-19)20-11-22(28-15-21(20)25)29-23(30)18-6-8-26-14-18/h3-5,10-11,15-16,18,26-27H,6-9,12-14H2,1-2H3,(H,28,29,30)/t16-,18+/m0/s1. The molecule has 2 aliphatic heterocycles. The maximum atomic E-state index is 12.4. The van der Waals surface area contributed by atoms with Crippen LogP contribution in [0.15, 0.2) is 36.5 Å².